The Morgan fingerprint density at radius 2 is 2.10 bits per heavy atom. The number of rotatable bonds is 4. The first kappa shape index (κ1) is 14.6. The number of aliphatic hydroxyl groups excluding tert-OH is 1. The smallest absolute Gasteiger partial charge is 0.0907 e. The number of nitrogen functional groups attached to an aromatic ring is 1. The van der Waals surface area contributed by atoms with Gasteiger partial charge in [-0.15, -0.1) is 11.3 Å². The Morgan fingerprint density at radius 1 is 1.33 bits per heavy atom. The van der Waals surface area contributed by atoms with Gasteiger partial charge in [0.2, 0.25) is 0 Å². The summed E-state index contributed by atoms with van der Waals surface area (Å²) in [4.78, 5) is 4.52. The SMILES string of the molecule is Cc1nc2cc(NCC3CCCCC3CO)c(N)cc2s1. The van der Waals surface area contributed by atoms with Crippen molar-refractivity contribution in [2.24, 2.45) is 11.8 Å². The van der Waals surface area contributed by atoms with Crippen molar-refractivity contribution in [2.75, 3.05) is 24.2 Å². The van der Waals surface area contributed by atoms with E-state index < -0.39 is 0 Å². The van der Waals surface area contributed by atoms with E-state index in [1.54, 1.807) is 11.3 Å². The van der Waals surface area contributed by atoms with Gasteiger partial charge in [0.05, 0.1) is 26.6 Å². The summed E-state index contributed by atoms with van der Waals surface area (Å²) in [5, 5.41) is 14.0. The fraction of sp³-hybridized carbons (Fsp3) is 0.562. The van der Waals surface area contributed by atoms with Gasteiger partial charge in [0.25, 0.3) is 0 Å². The molecule has 5 heteroatoms. The highest BCUT2D eigenvalue weighted by Gasteiger charge is 2.24. The molecule has 0 radical (unpaired) electrons. The molecule has 4 nitrogen and oxygen atoms in total. The van der Waals surface area contributed by atoms with Gasteiger partial charge in [0.1, 0.15) is 0 Å². The van der Waals surface area contributed by atoms with Crippen molar-refractivity contribution in [1.29, 1.82) is 0 Å². The second-order valence-corrected chi connectivity index (χ2v) is 7.24. The molecule has 2 atom stereocenters. The molecule has 3 rings (SSSR count). The molecule has 4 N–H and O–H groups in total. The summed E-state index contributed by atoms with van der Waals surface area (Å²) in [6, 6.07) is 4.05. The van der Waals surface area contributed by atoms with Gasteiger partial charge < -0.3 is 16.2 Å². The topological polar surface area (TPSA) is 71.2 Å². The fourth-order valence-electron chi connectivity index (χ4n) is 3.29. The molecule has 1 aliphatic carbocycles. The Labute approximate surface area is 129 Å². The van der Waals surface area contributed by atoms with Gasteiger partial charge in [-0.3, -0.25) is 0 Å². The number of anilines is 2. The second kappa shape index (κ2) is 6.20. The van der Waals surface area contributed by atoms with Crippen LogP contribution in [0.5, 0.6) is 0 Å². The molecule has 1 aromatic heterocycles. The summed E-state index contributed by atoms with van der Waals surface area (Å²) in [5.74, 6) is 0.966. The zero-order valence-corrected chi connectivity index (χ0v) is 13.2. The average molecular weight is 305 g/mol. The number of nitrogens with two attached hydrogens (primary N) is 1. The number of hydrogen-bond donors (Lipinski definition) is 3. The van der Waals surface area contributed by atoms with Crippen LogP contribution in [0.1, 0.15) is 30.7 Å². The summed E-state index contributed by atoms with van der Waals surface area (Å²) in [7, 11) is 0. The largest absolute Gasteiger partial charge is 0.397 e. The van der Waals surface area contributed by atoms with Crippen LogP contribution < -0.4 is 11.1 Å². The molecular formula is C16H23N3OS. The van der Waals surface area contributed by atoms with Crippen LogP contribution in [0.25, 0.3) is 10.2 Å². The normalized spacial score (nSPS) is 22.6. The zero-order valence-electron chi connectivity index (χ0n) is 12.4. The van der Waals surface area contributed by atoms with Gasteiger partial charge in [-0.05, 0) is 43.7 Å². The minimum Gasteiger partial charge on any atom is -0.397 e. The molecular weight excluding hydrogens is 282 g/mol. The number of aryl methyl sites for hydroxylation is 1. The minimum atomic E-state index is 0.298. The first-order valence-corrected chi connectivity index (χ1v) is 8.50. The Hall–Kier alpha value is -1.33. The highest BCUT2D eigenvalue weighted by molar-refractivity contribution is 7.18. The summed E-state index contributed by atoms with van der Waals surface area (Å²) >= 11 is 1.67. The van der Waals surface area contributed by atoms with Gasteiger partial charge in [0.15, 0.2) is 0 Å². The van der Waals surface area contributed by atoms with Crippen LogP contribution in [0.2, 0.25) is 0 Å². The Balaban J connectivity index is 1.73. The van der Waals surface area contributed by atoms with Crippen LogP contribution in [0.15, 0.2) is 12.1 Å². The Bertz CT molecular complexity index is 625. The summed E-state index contributed by atoms with van der Waals surface area (Å²) < 4.78 is 1.14. The number of hydrogen-bond acceptors (Lipinski definition) is 5. The second-order valence-electron chi connectivity index (χ2n) is 6.01. The van der Waals surface area contributed by atoms with E-state index in [0.717, 1.165) is 39.6 Å². The van der Waals surface area contributed by atoms with Crippen molar-refractivity contribution in [2.45, 2.75) is 32.6 Å². The highest BCUT2D eigenvalue weighted by Crippen LogP contribution is 2.32. The molecule has 0 spiro atoms. The van der Waals surface area contributed by atoms with Crippen LogP contribution in [-0.2, 0) is 0 Å². The molecule has 2 unspecified atom stereocenters. The van der Waals surface area contributed by atoms with Gasteiger partial charge in [0, 0.05) is 13.2 Å². The van der Waals surface area contributed by atoms with E-state index in [0.29, 0.717) is 18.4 Å². The van der Waals surface area contributed by atoms with E-state index in [-0.39, 0.29) is 0 Å². The van der Waals surface area contributed by atoms with Crippen molar-refractivity contribution in [3.05, 3.63) is 17.1 Å². The average Bonchev–Trinajstić information content (AvgIpc) is 2.84. The fourth-order valence-corrected chi connectivity index (χ4v) is 4.15. The van der Waals surface area contributed by atoms with Gasteiger partial charge in [-0.1, -0.05) is 12.8 Å². The van der Waals surface area contributed by atoms with E-state index in [1.165, 1.54) is 19.3 Å². The lowest BCUT2D eigenvalue weighted by Gasteiger charge is -2.30. The molecule has 1 fully saturated rings. The molecule has 0 saturated heterocycles. The highest BCUT2D eigenvalue weighted by atomic mass is 32.1. The van der Waals surface area contributed by atoms with Crippen molar-refractivity contribution in [3.8, 4) is 0 Å². The van der Waals surface area contributed by atoms with Crippen LogP contribution in [0.4, 0.5) is 11.4 Å². The predicted octanol–water partition coefficient (Wildman–Crippen LogP) is 3.40. The monoisotopic (exact) mass is 305 g/mol. The maximum atomic E-state index is 9.50. The van der Waals surface area contributed by atoms with E-state index in [2.05, 4.69) is 10.3 Å². The van der Waals surface area contributed by atoms with Crippen molar-refractivity contribution >= 4 is 32.9 Å². The summed E-state index contributed by atoms with van der Waals surface area (Å²) in [6.07, 6.45) is 4.84. The molecule has 1 saturated carbocycles. The van der Waals surface area contributed by atoms with Gasteiger partial charge in [-0.2, -0.15) is 0 Å². The standard InChI is InChI=1S/C16H23N3OS/c1-10-19-15-7-14(13(17)6-16(15)21-10)18-8-11-4-2-3-5-12(11)9-20/h6-7,11-12,18,20H,2-5,8-9,17H2,1H3. The molecule has 1 heterocycles. The quantitative estimate of drug-likeness (QED) is 0.757. The van der Waals surface area contributed by atoms with Gasteiger partial charge >= 0.3 is 0 Å². The third-order valence-corrected chi connectivity index (χ3v) is 5.46. The number of aromatic nitrogens is 1. The van der Waals surface area contributed by atoms with E-state index >= 15 is 0 Å². The third kappa shape index (κ3) is 3.14. The summed E-state index contributed by atoms with van der Waals surface area (Å²) in [6.45, 7) is 3.19. The lowest BCUT2D eigenvalue weighted by molar-refractivity contribution is 0.141. The lowest BCUT2D eigenvalue weighted by Crippen LogP contribution is -2.28. The third-order valence-electron chi connectivity index (χ3n) is 4.52. The lowest BCUT2D eigenvalue weighted by atomic mass is 9.79. The van der Waals surface area contributed by atoms with Crippen LogP contribution in [-0.4, -0.2) is 23.2 Å². The molecule has 2 aromatic rings. The van der Waals surface area contributed by atoms with Crippen molar-refractivity contribution in [1.82, 2.24) is 4.98 Å². The number of benzene rings is 1. The Kier molecular flexibility index (Phi) is 4.31. The summed E-state index contributed by atoms with van der Waals surface area (Å²) in [5.41, 5.74) is 8.90. The van der Waals surface area contributed by atoms with E-state index in [9.17, 15) is 5.11 Å². The Morgan fingerprint density at radius 3 is 2.86 bits per heavy atom. The molecule has 1 aliphatic rings. The van der Waals surface area contributed by atoms with E-state index in [4.69, 9.17) is 5.73 Å². The van der Waals surface area contributed by atoms with Crippen LogP contribution >= 0.6 is 11.3 Å². The molecule has 21 heavy (non-hydrogen) atoms. The van der Waals surface area contributed by atoms with Gasteiger partial charge in [-0.25, -0.2) is 4.98 Å². The number of fused-ring (bicyclic) bond motifs is 1. The van der Waals surface area contributed by atoms with E-state index in [1.807, 2.05) is 19.1 Å². The maximum Gasteiger partial charge on any atom is 0.0907 e. The molecule has 0 aliphatic heterocycles. The molecule has 1 aromatic carbocycles. The molecule has 114 valence electrons. The minimum absolute atomic E-state index is 0.298. The van der Waals surface area contributed by atoms with Crippen molar-refractivity contribution in [3.63, 3.8) is 0 Å². The number of thiazole rings is 1. The van der Waals surface area contributed by atoms with Crippen LogP contribution in [0, 0.1) is 18.8 Å². The molecule has 0 amide bonds. The number of nitrogens with one attached hydrogen (secondary N) is 1. The predicted molar refractivity (Wildman–Crippen MR) is 89.8 cm³/mol. The first-order valence-electron chi connectivity index (χ1n) is 7.68. The molecule has 0 bridgehead atoms. The first-order chi connectivity index (χ1) is 10.2. The number of nitrogens with zero attached hydrogens (tertiary/aromatic N) is 1. The van der Waals surface area contributed by atoms with Crippen molar-refractivity contribution < 1.29 is 5.11 Å². The zero-order chi connectivity index (χ0) is 14.8. The van der Waals surface area contributed by atoms with Crippen LogP contribution in [0.3, 0.4) is 0 Å². The number of aliphatic hydroxyl groups is 1. The maximum absolute atomic E-state index is 9.50.